The minimum Gasteiger partial charge on any atom is -0.497 e. The number of fused-ring (bicyclic) bond motifs is 1. The molecule has 0 aliphatic carbocycles. The molecule has 0 atom stereocenters. The number of benzene rings is 2. The van der Waals surface area contributed by atoms with Gasteiger partial charge >= 0.3 is 0 Å². The van der Waals surface area contributed by atoms with Gasteiger partial charge in [0, 0.05) is 18.2 Å². The second kappa shape index (κ2) is 6.35. The fourth-order valence-electron chi connectivity index (χ4n) is 3.31. The highest BCUT2D eigenvalue weighted by molar-refractivity contribution is 6.26. The van der Waals surface area contributed by atoms with Crippen molar-refractivity contribution < 1.29 is 14.3 Å². The molecule has 0 amide bonds. The summed E-state index contributed by atoms with van der Waals surface area (Å²) >= 11 is 0. The van der Waals surface area contributed by atoms with Crippen molar-refractivity contribution in [3.05, 3.63) is 53.6 Å². The molecule has 0 bridgehead atoms. The maximum absolute atomic E-state index is 12.7. The van der Waals surface area contributed by atoms with Crippen molar-refractivity contribution in [2.24, 2.45) is 5.73 Å². The van der Waals surface area contributed by atoms with Gasteiger partial charge in [0.25, 0.3) is 0 Å². The number of aryl methyl sites for hydroxylation is 1. The standard InChI is InChI=1S/C20H20N4O3/c1-11-5-4-6-15-18(11)23-20(22-15)17-16(25)10-24(19(17)21)12-7-13(26-2)9-14(8-12)27-3/h4-9H,10,21H2,1-3H3,(H,22,23). The number of H-pyrrole nitrogens is 1. The molecule has 3 N–H and O–H groups in total. The molecule has 4 rings (SSSR count). The van der Waals surface area contributed by atoms with Crippen LogP contribution >= 0.6 is 0 Å². The molecule has 0 fully saturated rings. The zero-order chi connectivity index (χ0) is 19.1. The van der Waals surface area contributed by atoms with Crippen LogP contribution in [0, 0.1) is 6.92 Å². The van der Waals surface area contributed by atoms with Crippen molar-refractivity contribution in [1.29, 1.82) is 0 Å². The van der Waals surface area contributed by atoms with Crippen molar-refractivity contribution in [2.75, 3.05) is 25.7 Å². The molecular formula is C20H20N4O3. The predicted molar refractivity (Wildman–Crippen MR) is 104 cm³/mol. The Balaban J connectivity index is 1.81. The number of imidazole rings is 1. The van der Waals surface area contributed by atoms with Crippen LogP contribution in [0.1, 0.15) is 11.4 Å². The Morgan fingerprint density at radius 1 is 1.15 bits per heavy atom. The molecule has 1 aromatic heterocycles. The molecule has 2 aromatic carbocycles. The zero-order valence-electron chi connectivity index (χ0n) is 15.4. The summed E-state index contributed by atoms with van der Waals surface area (Å²) in [5.41, 5.74) is 10.2. The number of hydrogen-bond acceptors (Lipinski definition) is 6. The molecule has 3 aromatic rings. The summed E-state index contributed by atoms with van der Waals surface area (Å²) in [6.07, 6.45) is 0. The molecule has 7 nitrogen and oxygen atoms in total. The van der Waals surface area contributed by atoms with Gasteiger partial charge in [-0.05, 0) is 18.6 Å². The Kier molecular flexibility index (Phi) is 3.99. The topological polar surface area (TPSA) is 93.5 Å². The van der Waals surface area contributed by atoms with E-state index in [0.29, 0.717) is 28.7 Å². The number of hydrogen-bond donors (Lipinski definition) is 2. The molecule has 1 aliphatic heterocycles. The number of carbonyl (C=O) groups is 1. The van der Waals surface area contributed by atoms with E-state index in [-0.39, 0.29) is 12.3 Å². The molecule has 0 unspecified atom stereocenters. The lowest BCUT2D eigenvalue weighted by Crippen LogP contribution is -2.25. The average Bonchev–Trinajstić information content (AvgIpc) is 3.22. The number of ether oxygens (including phenoxy) is 2. The Morgan fingerprint density at radius 2 is 1.85 bits per heavy atom. The Morgan fingerprint density at radius 3 is 2.48 bits per heavy atom. The summed E-state index contributed by atoms with van der Waals surface area (Å²) in [5, 5.41) is 0. The lowest BCUT2D eigenvalue weighted by Gasteiger charge is -2.20. The number of nitrogens with two attached hydrogens (primary N) is 1. The first kappa shape index (κ1) is 17.0. The van der Waals surface area contributed by atoms with Crippen LogP contribution in [0.25, 0.3) is 16.6 Å². The maximum atomic E-state index is 12.7. The number of carbonyl (C=O) groups excluding carboxylic acids is 1. The fraction of sp³-hybridized carbons (Fsp3) is 0.200. The lowest BCUT2D eigenvalue weighted by molar-refractivity contribution is -0.112. The molecule has 0 radical (unpaired) electrons. The normalized spacial score (nSPS) is 14.3. The first-order valence-electron chi connectivity index (χ1n) is 8.51. The highest BCUT2D eigenvalue weighted by Crippen LogP contribution is 2.34. The largest absolute Gasteiger partial charge is 0.497 e. The van der Waals surface area contributed by atoms with Gasteiger partial charge in [-0.3, -0.25) is 4.79 Å². The van der Waals surface area contributed by atoms with Crippen LogP contribution in [0.5, 0.6) is 11.5 Å². The van der Waals surface area contributed by atoms with E-state index in [0.717, 1.165) is 22.3 Å². The SMILES string of the molecule is COc1cc(OC)cc(N2CC(=O)C(c3nc4c(C)cccc4[nH]3)=C2N)c1. The van der Waals surface area contributed by atoms with Crippen LogP contribution < -0.4 is 20.1 Å². The Labute approximate surface area is 156 Å². The Bertz CT molecular complexity index is 1060. The number of rotatable bonds is 4. The van der Waals surface area contributed by atoms with Gasteiger partial charge in [0.2, 0.25) is 0 Å². The number of ketones is 1. The van der Waals surface area contributed by atoms with Crippen LogP contribution in [0.15, 0.2) is 42.2 Å². The third-order valence-electron chi connectivity index (χ3n) is 4.73. The van der Waals surface area contributed by atoms with Crippen molar-refractivity contribution in [1.82, 2.24) is 9.97 Å². The van der Waals surface area contributed by atoms with Crippen LogP contribution in [-0.2, 0) is 4.79 Å². The molecule has 27 heavy (non-hydrogen) atoms. The zero-order valence-corrected chi connectivity index (χ0v) is 15.4. The van der Waals surface area contributed by atoms with Crippen molar-refractivity contribution in [3.8, 4) is 11.5 Å². The number of anilines is 1. The van der Waals surface area contributed by atoms with Gasteiger partial charge in [0.1, 0.15) is 28.7 Å². The summed E-state index contributed by atoms with van der Waals surface area (Å²) < 4.78 is 10.6. The molecule has 138 valence electrons. The quantitative estimate of drug-likeness (QED) is 0.739. The number of nitrogens with zero attached hydrogens (tertiary/aromatic N) is 2. The number of aromatic amines is 1. The summed E-state index contributed by atoms with van der Waals surface area (Å²) in [6.45, 7) is 2.11. The van der Waals surface area contributed by atoms with E-state index in [4.69, 9.17) is 15.2 Å². The van der Waals surface area contributed by atoms with Crippen LogP contribution in [0.4, 0.5) is 5.69 Å². The van der Waals surface area contributed by atoms with Gasteiger partial charge in [0.15, 0.2) is 5.78 Å². The van der Waals surface area contributed by atoms with Crippen molar-refractivity contribution in [3.63, 3.8) is 0 Å². The minimum atomic E-state index is -0.0917. The molecule has 1 aliphatic rings. The van der Waals surface area contributed by atoms with Crippen LogP contribution in [-0.4, -0.2) is 36.5 Å². The predicted octanol–water partition coefficient (Wildman–Crippen LogP) is 2.61. The average molecular weight is 364 g/mol. The van der Waals surface area contributed by atoms with Crippen LogP contribution in [0.3, 0.4) is 0 Å². The Hall–Kier alpha value is -3.48. The number of para-hydroxylation sites is 1. The third kappa shape index (κ3) is 2.77. The molecule has 0 spiro atoms. The highest BCUT2D eigenvalue weighted by atomic mass is 16.5. The molecule has 0 saturated carbocycles. The van der Waals surface area contributed by atoms with Crippen LogP contribution in [0.2, 0.25) is 0 Å². The van der Waals surface area contributed by atoms with Gasteiger partial charge in [-0.1, -0.05) is 12.1 Å². The van der Waals surface area contributed by atoms with E-state index in [1.807, 2.05) is 37.3 Å². The van der Waals surface area contributed by atoms with Gasteiger partial charge in [0.05, 0.1) is 37.5 Å². The van der Waals surface area contributed by atoms with E-state index in [2.05, 4.69) is 9.97 Å². The maximum Gasteiger partial charge on any atom is 0.189 e. The second-order valence-corrected chi connectivity index (χ2v) is 6.40. The molecule has 7 heteroatoms. The van der Waals surface area contributed by atoms with E-state index in [9.17, 15) is 4.79 Å². The number of nitrogens with one attached hydrogen (secondary N) is 1. The number of aromatic nitrogens is 2. The van der Waals surface area contributed by atoms with Gasteiger partial charge in [-0.2, -0.15) is 0 Å². The summed E-state index contributed by atoms with van der Waals surface area (Å²) in [4.78, 5) is 22.3. The monoisotopic (exact) mass is 364 g/mol. The number of methoxy groups -OCH3 is 2. The van der Waals surface area contributed by atoms with E-state index in [1.165, 1.54) is 0 Å². The van der Waals surface area contributed by atoms with Crippen molar-refractivity contribution in [2.45, 2.75) is 6.92 Å². The van der Waals surface area contributed by atoms with Gasteiger partial charge in [-0.15, -0.1) is 0 Å². The van der Waals surface area contributed by atoms with Crippen molar-refractivity contribution >= 4 is 28.1 Å². The van der Waals surface area contributed by atoms with Gasteiger partial charge in [-0.25, -0.2) is 4.98 Å². The summed E-state index contributed by atoms with van der Waals surface area (Å²) in [6, 6.07) is 11.3. The summed E-state index contributed by atoms with van der Waals surface area (Å²) in [5.74, 6) is 1.99. The van der Waals surface area contributed by atoms with E-state index >= 15 is 0 Å². The smallest absolute Gasteiger partial charge is 0.189 e. The third-order valence-corrected chi connectivity index (χ3v) is 4.73. The lowest BCUT2D eigenvalue weighted by atomic mass is 10.2. The van der Waals surface area contributed by atoms with E-state index < -0.39 is 0 Å². The highest BCUT2D eigenvalue weighted by Gasteiger charge is 2.32. The molecular weight excluding hydrogens is 344 g/mol. The van der Waals surface area contributed by atoms with E-state index in [1.54, 1.807) is 25.2 Å². The fourth-order valence-corrected chi connectivity index (χ4v) is 3.31. The summed E-state index contributed by atoms with van der Waals surface area (Å²) in [7, 11) is 3.16. The molecule has 0 saturated heterocycles. The second-order valence-electron chi connectivity index (χ2n) is 6.40. The molecule has 2 heterocycles. The number of Topliss-reactive ketones (excluding diaryl/α,β-unsaturated/α-hetero) is 1. The van der Waals surface area contributed by atoms with Gasteiger partial charge < -0.3 is 25.1 Å². The first-order valence-corrected chi connectivity index (χ1v) is 8.51. The first-order chi connectivity index (χ1) is 13.0. The minimum absolute atomic E-state index is 0.0917.